The van der Waals surface area contributed by atoms with E-state index in [-0.39, 0.29) is 0 Å². The molecule has 1 fully saturated rings. The van der Waals surface area contributed by atoms with E-state index in [2.05, 4.69) is 39.3 Å². The number of hydrogen-bond donors (Lipinski definition) is 1. The molecule has 1 heterocycles. The van der Waals surface area contributed by atoms with Crippen LogP contribution in [0.4, 0.5) is 0 Å². The molecular formula is C10H21NS. The highest BCUT2D eigenvalue weighted by molar-refractivity contribution is 7.99. The van der Waals surface area contributed by atoms with E-state index < -0.39 is 0 Å². The minimum absolute atomic E-state index is 0.431. The van der Waals surface area contributed by atoms with Gasteiger partial charge in [0.15, 0.2) is 0 Å². The average molecular weight is 187 g/mol. The number of thioether (sulfide) groups is 1. The fourth-order valence-corrected chi connectivity index (χ4v) is 3.02. The Morgan fingerprint density at radius 2 is 1.83 bits per heavy atom. The monoisotopic (exact) mass is 187 g/mol. The summed E-state index contributed by atoms with van der Waals surface area (Å²) in [5, 5.41) is 4.17. The Morgan fingerprint density at radius 1 is 1.33 bits per heavy atom. The molecule has 12 heavy (non-hydrogen) atoms. The Bertz CT molecular complexity index is 156. The summed E-state index contributed by atoms with van der Waals surface area (Å²) in [5.41, 5.74) is 0.951. The summed E-state index contributed by atoms with van der Waals surface area (Å²) in [7, 11) is 0. The molecule has 0 amide bonds. The molecule has 0 saturated carbocycles. The summed E-state index contributed by atoms with van der Waals surface area (Å²) in [6, 6.07) is 0. The van der Waals surface area contributed by atoms with Gasteiger partial charge < -0.3 is 5.32 Å². The summed E-state index contributed by atoms with van der Waals surface area (Å²) in [6.45, 7) is 11.8. The van der Waals surface area contributed by atoms with Gasteiger partial charge in [-0.1, -0.05) is 27.7 Å². The van der Waals surface area contributed by atoms with Gasteiger partial charge in [-0.2, -0.15) is 11.8 Å². The zero-order valence-electron chi connectivity index (χ0n) is 8.90. The lowest BCUT2D eigenvalue weighted by molar-refractivity contribution is 0.0258. The highest BCUT2D eigenvalue weighted by Crippen LogP contribution is 2.48. The summed E-state index contributed by atoms with van der Waals surface area (Å²) in [5.74, 6) is 0. The molecule has 1 atom stereocenters. The second kappa shape index (κ2) is 3.22. The molecule has 1 aliphatic rings. The van der Waals surface area contributed by atoms with Crippen LogP contribution in [0.2, 0.25) is 0 Å². The molecule has 1 aliphatic heterocycles. The normalized spacial score (nSPS) is 24.8. The first kappa shape index (κ1) is 10.4. The molecule has 0 aromatic rings. The van der Waals surface area contributed by atoms with E-state index in [1.54, 1.807) is 0 Å². The largest absolute Gasteiger partial charge is 0.315 e. The molecule has 0 aliphatic carbocycles. The molecule has 1 rings (SSSR count). The van der Waals surface area contributed by atoms with Gasteiger partial charge in [-0.3, -0.25) is 0 Å². The molecule has 1 nitrogen and oxygen atoms in total. The Balaban J connectivity index is 2.76. The lowest BCUT2D eigenvalue weighted by atomic mass is 9.61. The van der Waals surface area contributed by atoms with E-state index in [9.17, 15) is 0 Å². The van der Waals surface area contributed by atoms with Crippen molar-refractivity contribution in [2.24, 2.45) is 10.8 Å². The maximum atomic E-state index is 3.41. The van der Waals surface area contributed by atoms with Crippen LogP contribution in [0.1, 0.15) is 27.7 Å². The minimum Gasteiger partial charge on any atom is -0.315 e. The molecular weight excluding hydrogens is 166 g/mol. The summed E-state index contributed by atoms with van der Waals surface area (Å²) in [6.07, 6.45) is 2.22. The number of hydrogen-bond acceptors (Lipinski definition) is 2. The first-order valence-corrected chi connectivity index (χ1v) is 5.96. The molecule has 1 unspecified atom stereocenters. The van der Waals surface area contributed by atoms with E-state index in [1.807, 2.05) is 11.8 Å². The van der Waals surface area contributed by atoms with E-state index in [4.69, 9.17) is 0 Å². The SMILES string of the molecule is CSC(C)C1(C(C)(C)C)CNC1. The van der Waals surface area contributed by atoms with Crippen LogP contribution >= 0.6 is 11.8 Å². The quantitative estimate of drug-likeness (QED) is 0.712. The van der Waals surface area contributed by atoms with E-state index >= 15 is 0 Å². The fourth-order valence-electron chi connectivity index (χ4n) is 2.05. The van der Waals surface area contributed by atoms with Crippen molar-refractivity contribution in [3.8, 4) is 0 Å². The van der Waals surface area contributed by atoms with Gasteiger partial charge in [0.05, 0.1) is 0 Å². The third-order valence-corrected chi connectivity index (χ3v) is 4.66. The predicted molar refractivity (Wildman–Crippen MR) is 57.7 cm³/mol. The maximum absolute atomic E-state index is 3.41. The Labute approximate surface area is 80.7 Å². The van der Waals surface area contributed by atoms with Crippen LogP contribution in [0.3, 0.4) is 0 Å². The van der Waals surface area contributed by atoms with Crippen molar-refractivity contribution in [2.45, 2.75) is 32.9 Å². The van der Waals surface area contributed by atoms with Crippen LogP contribution in [0.25, 0.3) is 0 Å². The third kappa shape index (κ3) is 1.39. The van der Waals surface area contributed by atoms with Crippen LogP contribution in [0, 0.1) is 10.8 Å². The van der Waals surface area contributed by atoms with Gasteiger partial charge >= 0.3 is 0 Å². The van der Waals surface area contributed by atoms with Crippen molar-refractivity contribution in [1.82, 2.24) is 5.32 Å². The predicted octanol–water partition coefficient (Wildman–Crippen LogP) is 2.37. The van der Waals surface area contributed by atoms with Gasteiger partial charge in [0.2, 0.25) is 0 Å². The molecule has 0 aromatic carbocycles. The van der Waals surface area contributed by atoms with Crippen molar-refractivity contribution >= 4 is 11.8 Å². The summed E-state index contributed by atoms with van der Waals surface area (Å²) >= 11 is 1.99. The smallest absolute Gasteiger partial charge is 0.0117 e. The Kier molecular flexibility index (Phi) is 2.79. The van der Waals surface area contributed by atoms with Crippen LogP contribution in [-0.4, -0.2) is 24.6 Å². The minimum atomic E-state index is 0.431. The van der Waals surface area contributed by atoms with E-state index in [0.717, 1.165) is 5.25 Å². The molecule has 1 N–H and O–H groups in total. The lowest BCUT2D eigenvalue weighted by Gasteiger charge is -2.55. The molecule has 0 spiro atoms. The first-order valence-electron chi connectivity index (χ1n) is 4.67. The van der Waals surface area contributed by atoms with Gasteiger partial charge in [0, 0.05) is 23.8 Å². The van der Waals surface area contributed by atoms with Crippen LogP contribution in [0.15, 0.2) is 0 Å². The van der Waals surface area contributed by atoms with Crippen LogP contribution < -0.4 is 5.32 Å². The van der Waals surface area contributed by atoms with Crippen molar-refractivity contribution in [3.05, 3.63) is 0 Å². The van der Waals surface area contributed by atoms with Gasteiger partial charge in [-0.05, 0) is 11.7 Å². The van der Waals surface area contributed by atoms with Crippen molar-refractivity contribution in [3.63, 3.8) is 0 Å². The lowest BCUT2D eigenvalue weighted by Crippen LogP contribution is -2.64. The molecule has 2 heteroatoms. The second-order valence-electron chi connectivity index (χ2n) is 4.89. The summed E-state index contributed by atoms with van der Waals surface area (Å²) < 4.78 is 0. The Hall–Kier alpha value is 0.310. The zero-order valence-corrected chi connectivity index (χ0v) is 9.72. The van der Waals surface area contributed by atoms with Gasteiger partial charge in [0.1, 0.15) is 0 Å². The van der Waals surface area contributed by atoms with E-state index in [1.165, 1.54) is 13.1 Å². The Morgan fingerprint density at radius 3 is 1.92 bits per heavy atom. The van der Waals surface area contributed by atoms with Crippen LogP contribution in [0.5, 0.6) is 0 Å². The highest BCUT2D eigenvalue weighted by atomic mass is 32.2. The second-order valence-corrected chi connectivity index (χ2v) is 6.07. The van der Waals surface area contributed by atoms with Crippen molar-refractivity contribution < 1.29 is 0 Å². The first-order chi connectivity index (χ1) is 5.44. The van der Waals surface area contributed by atoms with Crippen molar-refractivity contribution in [2.75, 3.05) is 19.3 Å². The maximum Gasteiger partial charge on any atom is 0.0117 e. The molecule has 0 radical (unpaired) electrons. The molecule has 72 valence electrons. The van der Waals surface area contributed by atoms with Crippen molar-refractivity contribution in [1.29, 1.82) is 0 Å². The van der Waals surface area contributed by atoms with E-state index in [0.29, 0.717) is 10.8 Å². The number of rotatable bonds is 2. The summed E-state index contributed by atoms with van der Waals surface area (Å²) in [4.78, 5) is 0. The number of nitrogens with one attached hydrogen (secondary N) is 1. The fraction of sp³-hybridized carbons (Fsp3) is 1.00. The molecule has 1 saturated heterocycles. The third-order valence-electron chi connectivity index (χ3n) is 3.51. The van der Waals surface area contributed by atoms with Gasteiger partial charge in [-0.25, -0.2) is 0 Å². The standard InChI is InChI=1S/C10H21NS/c1-8(12-5)10(6-11-7-10)9(2,3)4/h8,11H,6-7H2,1-5H3. The van der Waals surface area contributed by atoms with Gasteiger partial charge in [-0.15, -0.1) is 0 Å². The van der Waals surface area contributed by atoms with Gasteiger partial charge in [0.25, 0.3) is 0 Å². The van der Waals surface area contributed by atoms with Crippen LogP contribution in [-0.2, 0) is 0 Å². The average Bonchev–Trinajstić information content (AvgIpc) is 1.81. The topological polar surface area (TPSA) is 12.0 Å². The molecule has 0 aromatic heterocycles. The molecule has 0 bridgehead atoms. The zero-order chi connectivity index (χ0) is 9.41. The highest BCUT2D eigenvalue weighted by Gasteiger charge is 2.50.